The third kappa shape index (κ3) is 3.58. The molecule has 0 aliphatic rings. The van der Waals surface area contributed by atoms with Crippen LogP contribution in [0.25, 0.3) is 0 Å². The molecule has 0 amide bonds. The highest BCUT2D eigenvalue weighted by Crippen LogP contribution is 2.29. The standard InChI is InChI=1S/C14H15BrClNS/c1-17-9-11(8-14-13(15)6-7-18-14)10-2-4-12(16)5-3-10/h2-7,11,17H,8-9H2,1H3. The molecule has 1 heterocycles. The Morgan fingerprint density at radius 1 is 1.28 bits per heavy atom. The lowest BCUT2D eigenvalue weighted by molar-refractivity contribution is 0.629. The molecule has 0 fully saturated rings. The molecular weight excluding hydrogens is 330 g/mol. The Kier molecular flexibility index (Phi) is 5.25. The zero-order valence-electron chi connectivity index (χ0n) is 10.1. The molecule has 1 atom stereocenters. The minimum absolute atomic E-state index is 0.474. The Bertz CT molecular complexity index is 495. The van der Waals surface area contributed by atoms with Crippen LogP contribution in [-0.4, -0.2) is 13.6 Å². The normalized spacial score (nSPS) is 12.6. The maximum atomic E-state index is 5.94. The van der Waals surface area contributed by atoms with Crippen LogP contribution in [0.5, 0.6) is 0 Å². The first-order chi connectivity index (χ1) is 8.70. The Labute approximate surface area is 125 Å². The molecule has 1 N–H and O–H groups in total. The van der Waals surface area contributed by atoms with Crippen LogP contribution in [0.1, 0.15) is 16.4 Å². The minimum atomic E-state index is 0.474. The van der Waals surface area contributed by atoms with E-state index in [4.69, 9.17) is 11.6 Å². The van der Waals surface area contributed by atoms with Crippen molar-refractivity contribution in [3.05, 3.63) is 55.6 Å². The predicted molar refractivity (Wildman–Crippen MR) is 83.8 cm³/mol. The lowest BCUT2D eigenvalue weighted by Crippen LogP contribution is -2.18. The van der Waals surface area contributed by atoms with Gasteiger partial charge in [-0.1, -0.05) is 23.7 Å². The van der Waals surface area contributed by atoms with Gasteiger partial charge >= 0.3 is 0 Å². The van der Waals surface area contributed by atoms with E-state index >= 15 is 0 Å². The van der Waals surface area contributed by atoms with Crippen molar-refractivity contribution < 1.29 is 0 Å². The van der Waals surface area contributed by atoms with Crippen LogP contribution in [0.4, 0.5) is 0 Å². The number of thiophene rings is 1. The van der Waals surface area contributed by atoms with Crippen LogP contribution in [0, 0.1) is 0 Å². The first kappa shape index (κ1) is 14.1. The van der Waals surface area contributed by atoms with Gasteiger partial charge in [0.2, 0.25) is 0 Å². The van der Waals surface area contributed by atoms with Crippen molar-refractivity contribution in [2.24, 2.45) is 0 Å². The molecule has 96 valence electrons. The Morgan fingerprint density at radius 2 is 2.00 bits per heavy atom. The van der Waals surface area contributed by atoms with E-state index in [0.29, 0.717) is 5.92 Å². The molecule has 0 saturated heterocycles. The van der Waals surface area contributed by atoms with Gasteiger partial charge in [0, 0.05) is 26.8 Å². The van der Waals surface area contributed by atoms with Gasteiger partial charge in [0.15, 0.2) is 0 Å². The smallest absolute Gasteiger partial charge is 0.0406 e. The minimum Gasteiger partial charge on any atom is -0.319 e. The van der Waals surface area contributed by atoms with Crippen LogP contribution in [0.15, 0.2) is 40.2 Å². The molecule has 2 rings (SSSR count). The van der Waals surface area contributed by atoms with Gasteiger partial charge in [0.05, 0.1) is 0 Å². The molecule has 18 heavy (non-hydrogen) atoms. The van der Waals surface area contributed by atoms with E-state index in [1.165, 1.54) is 14.9 Å². The quantitative estimate of drug-likeness (QED) is 0.828. The fraction of sp³-hybridized carbons (Fsp3) is 0.286. The molecule has 0 radical (unpaired) electrons. The molecule has 1 aromatic carbocycles. The summed E-state index contributed by atoms with van der Waals surface area (Å²) in [4.78, 5) is 1.39. The zero-order chi connectivity index (χ0) is 13.0. The molecule has 2 aromatic rings. The van der Waals surface area contributed by atoms with Crippen molar-refractivity contribution >= 4 is 38.9 Å². The number of halogens is 2. The molecule has 0 aliphatic heterocycles. The molecule has 4 heteroatoms. The monoisotopic (exact) mass is 343 g/mol. The fourth-order valence-corrected chi connectivity index (χ4v) is 3.71. The van der Waals surface area contributed by atoms with Gasteiger partial charge in [0.25, 0.3) is 0 Å². The second kappa shape index (κ2) is 6.71. The summed E-state index contributed by atoms with van der Waals surface area (Å²) < 4.78 is 1.21. The van der Waals surface area contributed by atoms with Crippen molar-refractivity contribution in [3.8, 4) is 0 Å². The second-order valence-electron chi connectivity index (χ2n) is 4.20. The number of hydrogen-bond donors (Lipinski definition) is 1. The maximum Gasteiger partial charge on any atom is 0.0406 e. The molecule has 0 aliphatic carbocycles. The molecule has 1 aromatic heterocycles. The number of rotatable bonds is 5. The number of hydrogen-bond acceptors (Lipinski definition) is 2. The third-order valence-electron chi connectivity index (χ3n) is 2.91. The van der Waals surface area contributed by atoms with E-state index in [1.54, 1.807) is 11.3 Å². The molecule has 0 saturated carbocycles. The molecule has 0 spiro atoms. The third-order valence-corrected chi connectivity index (χ3v) is 5.12. The van der Waals surface area contributed by atoms with Crippen LogP contribution in [-0.2, 0) is 6.42 Å². The highest BCUT2D eigenvalue weighted by molar-refractivity contribution is 9.10. The van der Waals surface area contributed by atoms with Crippen LogP contribution in [0.2, 0.25) is 5.02 Å². The number of nitrogens with one attached hydrogen (secondary N) is 1. The van der Waals surface area contributed by atoms with E-state index in [-0.39, 0.29) is 0 Å². The van der Waals surface area contributed by atoms with E-state index in [9.17, 15) is 0 Å². The average Bonchev–Trinajstić information content (AvgIpc) is 2.76. The SMILES string of the molecule is CNCC(Cc1sccc1Br)c1ccc(Cl)cc1. The zero-order valence-corrected chi connectivity index (χ0v) is 13.3. The lowest BCUT2D eigenvalue weighted by atomic mass is 9.95. The lowest BCUT2D eigenvalue weighted by Gasteiger charge is -2.16. The van der Waals surface area contributed by atoms with Gasteiger partial charge in [-0.25, -0.2) is 0 Å². The summed E-state index contributed by atoms with van der Waals surface area (Å²) in [6.07, 6.45) is 1.04. The van der Waals surface area contributed by atoms with Crippen LogP contribution in [0.3, 0.4) is 0 Å². The first-order valence-corrected chi connectivity index (χ1v) is 7.87. The van der Waals surface area contributed by atoms with E-state index in [0.717, 1.165) is 18.0 Å². The van der Waals surface area contributed by atoms with E-state index < -0.39 is 0 Å². The topological polar surface area (TPSA) is 12.0 Å². The van der Waals surface area contributed by atoms with Gasteiger partial charge in [-0.15, -0.1) is 11.3 Å². The van der Waals surface area contributed by atoms with Crippen LogP contribution < -0.4 is 5.32 Å². The van der Waals surface area contributed by atoms with Crippen molar-refractivity contribution in [3.63, 3.8) is 0 Å². The Balaban J connectivity index is 2.18. The van der Waals surface area contributed by atoms with Crippen LogP contribution >= 0.6 is 38.9 Å². The van der Waals surface area contributed by atoms with Gasteiger partial charge in [-0.05, 0) is 58.5 Å². The summed E-state index contributed by atoms with van der Waals surface area (Å²) in [6.45, 7) is 0.964. The van der Waals surface area contributed by atoms with Gasteiger partial charge in [-0.3, -0.25) is 0 Å². The van der Waals surface area contributed by atoms with Crippen molar-refractivity contribution in [1.29, 1.82) is 0 Å². The van der Waals surface area contributed by atoms with Crippen molar-refractivity contribution in [2.75, 3.05) is 13.6 Å². The highest BCUT2D eigenvalue weighted by Gasteiger charge is 2.14. The fourth-order valence-electron chi connectivity index (χ4n) is 1.98. The Morgan fingerprint density at radius 3 is 2.56 bits per heavy atom. The summed E-state index contributed by atoms with van der Waals surface area (Å²) in [6, 6.07) is 10.3. The van der Waals surface area contributed by atoms with Gasteiger partial charge in [-0.2, -0.15) is 0 Å². The molecule has 1 nitrogen and oxygen atoms in total. The molecular formula is C14H15BrClNS. The number of likely N-dealkylation sites (N-methyl/N-ethyl adjacent to an activating group) is 1. The summed E-state index contributed by atoms with van der Waals surface area (Å²) >= 11 is 11.3. The van der Waals surface area contributed by atoms with E-state index in [2.05, 4.69) is 44.8 Å². The second-order valence-corrected chi connectivity index (χ2v) is 6.49. The largest absolute Gasteiger partial charge is 0.319 e. The summed E-state index contributed by atoms with van der Waals surface area (Å²) in [7, 11) is 1.99. The summed E-state index contributed by atoms with van der Waals surface area (Å²) in [5.41, 5.74) is 1.33. The van der Waals surface area contributed by atoms with Gasteiger partial charge in [0.1, 0.15) is 0 Å². The van der Waals surface area contributed by atoms with Gasteiger partial charge < -0.3 is 5.32 Å². The summed E-state index contributed by atoms with van der Waals surface area (Å²) in [5, 5.41) is 6.18. The average molecular weight is 345 g/mol. The summed E-state index contributed by atoms with van der Waals surface area (Å²) in [5.74, 6) is 0.474. The van der Waals surface area contributed by atoms with Crippen molar-refractivity contribution in [1.82, 2.24) is 5.32 Å². The predicted octanol–water partition coefficient (Wildman–Crippen LogP) is 4.71. The van der Waals surface area contributed by atoms with E-state index in [1.807, 2.05) is 19.2 Å². The Hall–Kier alpha value is -0.350. The maximum absolute atomic E-state index is 5.94. The highest BCUT2D eigenvalue weighted by atomic mass is 79.9. The molecule has 0 bridgehead atoms. The first-order valence-electron chi connectivity index (χ1n) is 5.82. The number of benzene rings is 1. The molecule has 1 unspecified atom stereocenters. The van der Waals surface area contributed by atoms with Crippen molar-refractivity contribution in [2.45, 2.75) is 12.3 Å².